The van der Waals surface area contributed by atoms with Crippen LogP contribution in [0.25, 0.3) is 0 Å². The van der Waals surface area contributed by atoms with Crippen molar-refractivity contribution in [3.63, 3.8) is 0 Å². The van der Waals surface area contributed by atoms with E-state index in [0.717, 1.165) is 18.9 Å². The Morgan fingerprint density at radius 1 is 1.31 bits per heavy atom. The van der Waals surface area contributed by atoms with E-state index in [9.17, 15) is 4.79 Å². The molecule has 5 nitrogen and oxygen atoms in total. The molecule has 0 bridgehead atoms. The summed E-state index contributed by atoms with van der Waals surface area (Å²) in [6.45, 7) is 5.49. The largest absolute Gasteiger partial charge is 0.356 e. The van der Waals surface area contributed by atoms with Crippen LogP contribution in [-0.2, 0) is 10.2 Å². The predicted molar refractivity (Wildman–Crippen MR) is 122 cm³/mol. The fraction of sp³-hybridized carbons (Fsp3) is 0.579. The molecule has 0 aliphatic heterocycles. The second kappa shape index (κ2) is 11.1. The highest BCUT2D eigenvalue weighted by molar-refractivity contribution is 14.0. The summed E-state index contributed by atoms with van der Waals surface area (Å²) < 4.78 is 1.17. The van der Waals surface area contributed by atoms with E-state index in [1.54, 1.807) is 7.05 Å². The molecule has 1 fully saturated rings. The highest BCUT2D eigenvalue weighted by atomic mass is 127. The van der Waals surface area contributed by atoms with Gasteiger partial charge < -0.3 is 16.0 Å². The Kier molecular flexibility index (Phi) is 9.92. The Labute approximate surface area is 182 Å². The van der Waals surface area contributed by atoms with Crippen molar-refractivity contribution in [1.82, 2.24) is 16.0 Å². The molecule has 1 saturated carbocycles. The Morgan fingerprint density at radius 3 is 2.58 bits per heavy atom. The molecule has 1 unspecified atom stereocenters. The number of amides is 1. The SMILES string of the molecule is CCC(C)NC(=O)CCNC(=NC)NCC1(c2ccccc2Br)CC1.I. The molecule has 0 heterocycles. The smallest absolute Gasteiger partial charge is 0.221 e. The fourth-order valence-electron chi connectivity index (χ4n) is 2.80. The zero-order valence-corrected chi connectivity index (χ0v) is 19.7. The lowest BCUT2D eigenvalue weighted by Crippen LogP contribution is -2.43. The van der Waals surface area contributed by atoms with E-state index in [2.05, 4.69) is 62.0 Å². The molecule has 0 radical (unpaired) electrons. The highest BCUT2D eigenvalue weighted by Crippen LogP contribution is 2.49. The number of hydrogen-bond acceptors (Lipinski definition) is 2. The fourth-order valence-corrected chi connectivity index (χ4v) is 3.51. The van der Waals surface area contributed by atoms with Crippen molar-refractivity contribution in [1.29, 1.82) is 0 Å². The summed E-state index contributed by atoms with van der Waals surface area (Å²) in [5, 5.41) is 9.61. The lowest BCUT2D eigenvalue weighted by molar-refractivity contribution is -0.121. The van der Waals surface area contributed by atoms with Crippen LogP contribution in [0.5, 0.6) is 0 Å². The van der Waals surface area contributed by atoms with Crippen LogP contribution in [-0.4, -0.2) is 38.0 Å². The van der Waals surface area contributed by atoms with Gasteiger partial charge in [-0.3, -0.25) is 9.79 Å². The Morgan fingerprint density at radius 2 is 2.00 bits per heavy atom. The minimum atomic E-state index is 0. The topological polar surface area (TPSA) is 65.5 Å². The van der Waals surface area contributed by atoms with Crippen molar-refractivity contribution < 1.29 is 4.79 Å². The van der Waals surface area contributed by atoms with Crippen LogP contribution < -0.4 is 16.0 Å². The molecule has 26 heavy (non-hydrogen) atoms. The minimum Gasteiger partial charge on any atom is -0.356 e. The number of nitrogens with zero attached hydrogens (tertiary/aromatic N) is 1. The summed E-state index contributed by atoms with van der Waals surface area (Å²) in [7, 11) is 1.76. The van der Waals surface area contributed by atoms with Gasteiger partial charge in [0.1, 0.15) is 0 Å². The summed E-state index contributed by atoms with van der Waals surface area (Å²) >= 11 is 3.66. The lowest BCUT2D eigenvalue weighted by atomic mass is 9.96. The first-order valence-corrected chi connectivity index (χ1v) is 9.79. The average molecular weight is 537 g/mol. The molecule has 1 atom stereocenters. The number of aliphatic imine (C=N–C) groups is 1. The maximum Gasteiger partial charge on any atom is 0.221 e. The molecule has 1 aromatic carbocycles. The molecule has 1 aliphatic rings. The van der Waals surface area contributed by atoms with Gasteiger partial charge in [-0.05, 0) is 37.8 Å². The van der Waals surface area contributed by atoms with Gasteiger partial charge in [-0.2, -0.15) is 0 Å². The van der Waals surface area contributed by atoms with Crippen LogP contribution in [0.15, 0.2) is 33.7 Å². The van der Waals surface area contributed by atoms with Crippen LogP contribution in [0.1, 0.15) is 45.1 Å². The van der Waals surface area contributed by atoms with Crippen molar-refractivity contribution in [2.75, 3.05) is 20.1 Å². The van der Waals surface area contributed by atoms with Gasteiger partial charge in [-0.15, -0.1) is 24.0 Å². The standard InChI is InChI=1S/C19H29BrN4O.HI/c1-4-14(2)24-17(25)9-12-22-18(21-3)23-13-19(10-11-19)15-7-5-6-8-16(15)20;/h5-8,14H,4,9-13H2,1-3H3,(H,24,25)(H2,21,22,23);1H. The first-order chi connectivity index (χ1) is 12.0. The van der Waals surface area contributed by atoms with E-state index >= 15 is 0 Å². The Hall–Kier alpha value is -0.830. The summed E-state index contributed by atoms with van der Waals surface area (Å²) in [5.41, 5.74) is 1.54. The number of rotatable bonds is 8. The zero-order chi connectivity index (χ0) is 18.3. The third-order valence-corrected chi connectivity index (χ3v) is 5.47. The van der Waals surface area contributed by atoms with Gasteiger partial charge >= 0.3 is 0 Å². The van der Waals surface area contributed by atoms with Crippen molar-refractivity contribution >= 4 is 51.8 Å². The molecule has 2 rings (SSSR count). The quantitative estimate of drug-likeness (QED) is 0.270. The first-order valence-electron chi connectivity index (χ1n) is 8.99. The van der Waals surface area contributed by atoms with Gasteiger partial charge in [0, 0.05) is 42.5 Å². The second-order valence-electron chi connectivity index (χ2n) is 6.74. The van der Waals surface area contributed by atoms with Crippen molar-refractivity contribution in [3.8, 4) is 0 Å². The molecule has 0 aromatic heterocycles. The number of benzene rings is 1. The Balaban J connectivity index is 0.00000338. The van der Waals surface area contributed by atoms with E-state index in [0.29, 0.717) is 13.0 Å². The van der Waals surface area contributed by atoms with Gasteiger partial charge in [0.05, 0.1) is 0 Å². The lowest BCUT2D eigenvalue weighted by Gasteiger charge is -2.20. The van der Waals surface area contributed by atoms with Crippen LogP contribution in [0.4, 0.5) is 0 Å². The maximum atomic E-state index is 11.8. The minimum absolute atomic E-state index is 0. The van der Waals surface area contributed by atoms with E-state index in [1.165, 1.54) is 22.9 Å². The monoisotopic (exact) mass is 536 g/mol. The number of nitrogens with one attached hydrogen (secondary N) is 3. The first kappa shape index (κ1) is 23.2. The molecule has 1 aromatic rings. The number of halogens is 2. The molecular formula is C19H30BrIN4O. The molecule has 0 saturated heterocycles. The number of hydrogen-bond donors (Lipinski definition) is 3. The predicted octanol–water partition coefficient (Wildman–Crippen LogP) is 3.57. The third kappa shape index (κ3) is 6.72. The number of carbonyl (C=O) groups excluding carboxylic acids is 1. The maximum absolute atomic E-state index is 11.8. The van der Waals surface area contributed by atoms with E-state index in [-0.39, 0.29) is 41.3 Å². The van der Waals surface area contributed by atoms with E-state index in [4.69, 9.17) is 0 Å². The number of guanidine groups is 1. The molecule has 3 N–H and O–H groups in total. The van der Waals surface area contributed by atoms with E-state index < -0.39 is 0 Å². The van der Waals surface area contributed by atoms with Gasteiger partial charge in [-0.1, -0.05) is 41.1 Å². The summed E-state index contributed by atoms with van der Waals surface area (Å²) in [4.78, 5) is 16.1. The van der Waals surface area contributed by atoms with Crippen molar-refractivity contribution in [2.45, 2.75) is 51.0 Å². The van der Waals surface area contributed by atoms with Crippen LogP contribution in [0, 0.1) is 0 Å². The van der Waals surface area contributed by atoms with Gasteiger partial charge in [0.15, 0.2) is 5.96 Å². The molecule has 1 aliphatic carbocycles. The normalized spacial score (nSPS) is 16.2. The molecule has 0 spiro atoms. The van der Waals surface area contributed by atoms with Crippen LogP contribution in [0.3, 0.4) is 0 Å². The third-order valence-electron chi connectivity index (χ3n) is 4.78. The summed E-state index contributed by atoms with van der Waals surface area (Å²) in [5.74, 6) is 0.818. The molecular weight excluding hydrogens is 507 g/mol. The van der Waals surface area contributed by atoms with Crippen LogP contribution in [0.2, 0.25) is 0 Å². The summed E-state index contributed by atoms with van der Waals surface area (Å²) in [6, 6.07) is 8.64. The van der Waals surface area contributed by atoms with Crippen molar-refractivity contribution in [3.05, 3.63) is 34.3 Å². The van der Waals surface area contributed by atoms with Crippen LogP contribution >= 0.6 is 39.9 Å². The Bertz CT molecular complexity index is 619. The van der Waals surface area contributed by atoms with E-state index in [1.807, 2.05) is 13.0 Å². The second-order valence-corrected chi connectivity index (χ2v) is 7.59. The molecule has 7 heteroatoms. The molecule has 146 valence electrons. The highest BCUT2D eigenvalue weighted by Gasteiger charge is 2.45. The van der Waals surface area contributed by atoms with Gasteiger partial charge in [0.25, 0.3) is 0 Å². The number of carbonyl (C=O) groups is 1. The average Bonchev–Trinajstić information content (AvgIpc) is 3.39. The molecule has 1 amide bonds. The van der Waals surface area contributed by atoms with Crippen molar-refractivity contribution in [2.24, 2.45) is 4.99 Å². The van der Waals surface area contributed by atoms with Gasteiger partial charge in [0.2, 0.25) is 5.91 Å². The summed E-state index contributed by atoms with van der Waals surface area (Å²) in [6.07, 6.45) is 3.74. The zero-order valence-electron chi connectivity index (χ0n) is 15.8. The van der Waals surface area contributed by atoms with Gasteiger partial charge in [-0.25, -0.2) is 0 Å².